The summed E-state index contributed by atoms with van der Waals surface area (Å²) in [5.74, 6) is 1.75. The van der Waals surface area contributed by atoms with E-state index in [1.54, 1.807) is 6.33 Å². The van der Waals surface area contributed by atoms with Crippen LogP contribution in [0.4, 0.5) is 5.82 Å². The van der Waals surface area contributed by atoms with E-state index in [9.17, 15) is 0 Å². The van der Waals surface area contributed by atoms with Gasteiger partial charge in [-0.1, -0.05) is 0 Å². The first-order valence-electron chi connectivity index (χ1n) is 6.24. The molecule has 0 unspecified atom stereocenters. The Balaban J connectivity index is 1.79. The Morgan fingerprint density at radius 2 is 2.12 bits per heavy atom. The smallest absolute Gasteiger partial charge is 0.137 e. The molecule has 17 heavy (non-hydrogen) atoms. The van der Waals surface area contributed by atoms with Crippen LogP contribution in [0.15, 0.2) is 6.33 Å². The van der Waals surface area contributed by atoms with Crippen molar-refractivity contribution < 1.29 is 4.74 Å². The maximum absolute atomic E-state index is 5.71. The largest absolute Gasteiger partial charge is 0.370 e. The molecule has 0 atom stereocenters. The highest BCUT2D eigenvalue weighted by molar-refractivity contribution is 5.49. The molecule has 0 aromatic carbocycles. The molecule has 0 amide bonds. The van der Waals surface area contributed by atoms with Gasteiger partial charge in [0.2, 0.25) is 0 Å². The number of nitrogens with two attached hydrogens (primary N) is 1. The summed E-state index contributed by atoms with van der Waals surface area (Å²) in [6.45, 7) is 4.18. The zero-order valence-electron chi connectivity index (χ0n) is 9.93. The van der Waals surface area contributed by atoms with Crippen LogP contribution < -0.4 is 10.6 Å². The van der Waals surface area contributed by atoms with Crippen molar-refractivity contribution in [3.05, 3.63) is 17.6 Å². The van der Waals surface area contributed by atoms with Gasteiger partial charge in [-0.25, -0.2) is 9.97 Å². The molecule has 0 bridgehead atoms. The lowest BCUT2D eigenvalue weighted by Gasteiger charge is -2.33. The van der Waals surface area contributed by atoms with Crippen molar-refractivity contribution in [1.29, 1.82) is 0 Å². The van der Waals surface area contributed by atoms with Crippen LogP contribution in [0, 0.1) is 5.92 Å². The zero-order chi connectivity index (χ0) is 11.7. The number of piperidine rings is 1. The van der Waals surface area contributed by atoms with E-state index in [1.807, 2.05) is 0 Å². The maximum atomic E-state index is 5.71. The summed E-state index contributed by atoms with van der Waals surface area (Å²) in [7, 11) is 0. The predicted octanol–water partition coefficient (Wildman–Crippen LogP) is 0.682. The molecule has 5 nitrogen and oxygen atoms in total. The van der Waals surface area contributed by atoms with E-state index in [-0.39, 0.29) is 0 Å². The first kappa shape index (κ1) is 10.9. The van der Waals surface area contributed by atoms with Crippen molar-refractivity contribution in [2.45, 2.75) is 26.1 Å². The molecule has 0 saturated carbocycles. The van der Waals surface area contributed by atoms with Crippen LogP contribution >= 0.6 is 0 Å². The number of rotatable bonds is 2. The van der Waals surface area contributed by atoms with Gasteiger partial charge in [0.25, 0.3) is 0 Å². The second-order valence-electron chi connectivity index (χ2n) is 4.78. The summed E-state index contributed by atoms with van der Waals surface area (Å²) < 4.78 is 5.44. The van der Waals surface area contributed by atoms with Gasteiger partial charge in [0.1, 0.15) is 12.1 Å². The fraction of sp³-hybridized carbons (Fsp3) is 0.667. The molecule has 2 aliphatic rings. The molecule has 0 aliphatic carbocycles. The molecule has 0 spiro atoms. The van der Waals surface area contributed by atoms with Gasteiger partial charge in [0.05, 0.1) is 18.9 Å². The molecule has 1 aromatic rings. The standard InChI is InChI=1S/C12H18N4O/c13-5-9-1-3-16(4-2-9)12-10-6-17-7-11(10)14-8-15-12/h8-9H,1-7,13H2. The summed E-state index contributed by atoms with van der Waals surface area (Å²) in [4.78, 5) is 11.0. The highest BCUT2D eigenvalue weighted by Gasteiger charge is 2.24. The topological polar surface area (TPSA) is 64.3 Å². The average molecular weight is 234 g/mol. The van der Waals surface area contributed by atoms with E-state index in [1.165, 1.54) is 5.56 Å². The van der Waals surface area contributed by atoms with Gasteiger partial charge in [-0.2, -0.15) is 0 Å². The Bertz CT molecular complexity index is 401. The number of anilines is 1. The number of fused-ring (bicyclic) bond motifs is 1. The Hall–Kier alpha value is -1.20. The minimum Gasteiger partial charge on any atom is -0.370 e. The number of hydrogen-bond donors (Lipinski definition) is 1. The number of nitrogens with zero attached hydrogens (tertiary/aromatic N) is 3. The third-order valence-corrected chi connectivity index (χ3v) is 3.74. The normalized spacial score (nSPS) is 20.6. The fourth-order valence-corrected chi connectivity index (χ4v) is 2.61. The summed E-state index contributed by atoms with van der Waals surface area (Å²) >= 11 is 0. The first-order valence-corrected chi connectivity index (χ1v) is 6.24. The third-order valence-electron chi connectivity index (χ3n) is 3.74. The second kappa shape index (κ2) is 4.58. The Morgan fingerprint density at radius 1 is 1.29 bits per heavy atom. The Morgan fingerprint density at radius 3 is 2.88 bits per heavy atom. The molecule has 5 heteroatoms. The Kier molecular flexibility index (Phi) is 2.94. The lowest BCUT2D eigenvalue weighted by Crippen LogP contribution is -2.37. The van der Waals surface area contributed by atoms with E-state index in [4.69, 9.17) is 10.5 Å². The molecule has 1 saturated heterocycles. The minimum absolute atomic E-state index is 0.629. The summed E-state index contributed by atoms with van der Waals surface area (Å²) in [6.07, 6.45) is 3.98. The van der Waals surface area contributed by atoms with E-state index in [0.717, 1.165) is 44.0 Å². The van der Waals surface area contributed by atoms with Crippen molar-refractivity contribution in [3.63, 3.8) is 0 Å². The van der Waals surface area contributed by atoms with Gasteiger partial charge in [0, 0.05) is 18.7 Å². The molecule has 1 aromatic heterocycles. The quantitative estimate of drug-likeness (QED) is 0.815. The predicted molar refractivity (Wildman–Crippen MR) is 64.5 cm³/mol. The molecular formula is C12H18N4O. The molecule has 2 N–H and O–H groups in total. The van der Waals surface area contributed by atoms with E-state index >= 15 is 0 Å². The van der Waals surface area contributed by atoms with E-state index in [0.29, 0.717) is 19.1 Å². The lowest BCUT2D eigenvalue weighted by atomic mass is 9.97. The van der Waals surface area contributed by atoms with Crippen molar-refractivity contribution in [1.82, 2.24) is 9.97 Å². The third kappa shape index (κ3) is 2.00. The van der Waals surface area contributed by atoms with Crippen molar-refractivity contribution in [2.24, 2.45) is 11.7 Å². The van der Waals surface area contributed by atoms with Gasteiger partial charge in [0.15, 0.2) is 0 Å². The number of hydrogen-bond acceptors (Lipinski definition) is 5. The van der Waals surface area contributed by atoms with Crippen LogP contribution in [0.25, 0.3) is 0 Å². The molecule has 0 radical (unpaired) electrons. The Labute approximate surface area is 101 Å². The van der Waals surface area contributed by atoms with E-state index < -0.39 is 0 Å². The summed E-state index contributed by atoms with van der Waals surface area (Å²) in [5, 5.41) is 0. The lowest BCUT2D eigenvalue weighted by molar-refractivity contribution is 0.133. The van der Waals surface area contributed by atoms with Crippen LogP contribution in [0.3, 0.4) is 0 Å². The number of ether oxygens (including phenoxy) is 1. The van der Waals surface area contributed by atoms with Crippen LogP contribution in [0.2, 0.25) is 0 Å². The minimum atomic E-state index is 0.629. The van der Waals surface area contributed by atoms with Crippen LogP contribution in [0.1, 0.15) is 24.1 Å². The van der Waals surface area contributed by atoms with Crippen molar-refractivity contribution >= 4 is 5.82 Å². The van der Waals surface area contributed by atoms with Crippen molar-refractivity contribution in [2.75, 3.05) is 24.5 Å². The van der Waals surface area contributed by atoms with Crippen molar-refractivity contribution in [3.8, 4) is 0 Å². The van der Waals surface area contributed by atoms with Gasteiger partial charge in [-0.15, -0.1) is 0 Å². The van der Waals surface area contributed by atoms with Gasteiger partial charge >= 0.3 is 0 Å². The highest BCUT2D eigenvalue weighted by atomic mass is 16.5. The summed E-state index contributed by atoms with van der Waals surface area (Å²) in [5.41, 5.74) is 7.94. The monoisotopic (exact) mass is 234 g/mol. The fourth-order valence-electron chi connectivity index (χ4n) is 2.61. The maximum Gasteiger partial charge on any atom is 0.137 e. The van der Waals surface area contributed by atoms with Crippen LogP contribution in [-0.2, 0) is 18.0 Å². The average Bonchev–Trinajstić information content (AvgIpc) is 2.87. The van der Waals surface area contributed by atoms with Crippen LogP contribution in [0.5, 0.6) is 0 Å². The zero-order valence-corrected chi connectivity index (χ0v) is 9.93. The van der Waals surface area contributed by atoms with E-state index in [2.05, 4.69) is 14.9 Å². The van der Waals surface area contributed by atoms with Gasteiger partial charge in [-0.3, -0.25) is 0 Å². The molecule has 92 valence electrons. The summed E-state index contributed by atoms with van der Waals surface area (Å²) in [6, 6.07) is 0. The van der Waals surface area contributed by atoms with Gasteiger partial charge in [-0.05, 0) is 25.3 Å². The molecule has 1 fully saturated rings. The van der Waals surface area contributed by atoms with Gasteiger partial charge < -0.3 is 15.4 Å². The molecule has 3 heterocycles. The SMILES string of the molecule is NCC1CCN(c2ncnc3c2COC3)CC1. The highest BCUT2D eigenvalue weighted by Crippen LogP contribution is 2.29. The second-order valence-corrected chi connectivity index (χ2v) is 4.78. The molecule has 3 rings (SSSR count). The molecular weight excluding hydrogens is 216 g/mol. The molecule has 2 aliphatic heterocycles. The number of aromatic nitrogens is 2. The first-order chi connectivity index (χ1) is 8.38. The van der Waals surface area contributed by atoms with Crippen LogP contribution in [-0.4, -0.2) is 29.6 Å².